The van der Waals surface area contributed by atoms with E-state index in [2.05, 4.69) is 4.90 Å². The number of rotatable bonds is 4. The Labute approximate surface area is 155 Å². The molecule has 1 amide bonds. The number of carbonyl (C=O) groups is 1. The molecule has 138 valence electrons. The van der Waals surface area contributed by atoms with Gasteiger partial charge >= 0.3 is 0 Å². The van der Waals surface area contributed by atoms with Crippen LogP contribution in [-0.4, -0.2) is 46.8 Å². The molecule has 2 aromatic carbocycles. The van der Waals surface area contributed by atoms with Crippen LogP contribution in [0.25, 0.3) is 11.0 Å². The Morgan fingerprint density at radius 1 is 1.04 bits per heavy atom. The summed E-state index contributed by atoms with van der Waals surface area (Å²) in [6, 6.07) is 16.1. The highest BCUT2D eigenvalue weighted by Gasteiger charge is 2.25. The number of amides is 1. The third-order valence-electron chi connectivity index (χ3n) is 4.88. The van der Waals surface area contributed by atoms with Gasteiger partial charge in [-0.15, -0.1) is 0 Å². The quantitative estimate of drug-likeness (QED) is 0.523. The Balaban J connectivity index is 1.40. The topological polar surface area (TPSA) is 79.8 Å². The van der Waals surface area contributed by atoms with Gasteiger partial charge in [0.25, 0.3) is 11.6 Å². The number of furan rings is 1. The molecule has 4 rings (SSSR count). The van der Waals surface area contributed by atoms with Gasteiger partial charge < -0.3 is 9.32 Å². The smallest absolute Gasteiger partial charge is 0.289 e. The number of nitrogens with zero attached hydrogens (tertiary/aromatic N) is 3. The summed E-state index contributed by atoms with van der Waals surface area (Å²) in [5, 5.41) is 12.1. The normalized spacial score (nSPS) is 15.2. The van der Waals surface area contributed by atoms with Crippen LogP contribution in [0.3, 0.4) is 0 Å². The molecule has 0 atom stereocenters. The summed E-state index contributed by atoms with van der Waals surface area (Å²) >= 11 is 0. The van der Waals surface area contributed by atoms with Gasteiger partial charge in [0.05, 0.1) is 4.92 Å². The van der Waals surface area contributed by atoms with Gasteiger partial charge in [-0.25, -0.2) is 0 Å². The van der Waals surface area contributed by atoms with Crippen LogP contribution in [0.1, 0.15) is 16.1 Å². The summed E-state index contributed by atoms with van der Waals surface area (Å²) in [4.78, 5) is 27.4. The number of hydrogen-bond donors (Lipinski definition) is 0. The zero-order chi connectivity index (χ0) is 18.8. The van der Waals surface area contributed by atoms with E-state index in [1.807, 2.05) is 30.3 Å². The Hall–Kier alpha value is -3.19. The second-order valence-electron chi connectivity index (χ2n) is 6.60. The van der Waals surface area contributed by atoms with Crippen molar-refractivity contribution >= 4 is 22.6 Å². The molecule has 2 heterocycles. The Bertz CT molecular complexity index is 957. The zero-order valence-corrected chi connectivity index (χ0v) is 14.7. The molecule has 0 aliphatic carbocycles. The largest absolute Gasteiger partial charge is 0.451 e. The predicted molar refractivity (Wildman–Crippen MR) is 100 cm³/mol. The number of para-hydroxylation sites is 2. The van der Waals surface area contributed by atoms with Crippen LogP contribution >= 0.6 is 0 Å². The Morgan fingerprint density at radius 2 is 1.74 bits per heavy atom. The highest BCUT2D eigenvalue weighted by molar-refractivity contribution is 5.96. The van der Waals surface area contributed by atoms with Gasteiger partial charge in [-0.2, -0.15) is 0 Å². The van der Waals surface area contributed by atoms with Gasteiger partial charge in [-0.1, -0.05) is 36.4 Å². The molecule has 1 aromatic heterocycles. The van der Waals surface area contributed by atoms with Crippen LogP contribution in [0.5, 0.6) is 0 Å². The standard InChI is InChI=1S/C20H19N3O4/c24-20(19-13-15-5-2-4-8-18(15)27-19)22-11-9-21(10-12-22)14-16-6-1-3-7-17(16)23(25)26/h1-8,13H,9-12,14H2. The molecular formula is C20H19N3O4. The van der Waals surface area contributed by atoms with Gasteiger partial charge in [-0.05, 0) is 12.1 Å². The molecule has 0 N–H and O–H groups in total. The maximum absolute atomic E-state index is 12.7. The van der Waals surface area contributed by atoms with Crippen molar-refractivity contribution in [1.29, 1.82) is 0 Å². The molecule has 1 saturated heterocycles. The number of carbonyl (C=O) groups excluding carboxylic acids is 1. The van der Waals surface area contributed by atoms with Crippen molar-refractivity contribution in [3.05, 3.63) is 76.0 Å². The zero-order valence-electron chi connectivity index (χ0n) is 14.7. The van der Waals surface area contributed by atoms with Gasteiger partial charge in [-0.3, -0.25) is 19.8 Å². The lowest BCUT2D eigenvalue weighted by Crippen LogP contribution is -2.48. The van der Waals surface area contributed by atoms with E-state index in [-0.39, 0.29) is 16.5 Å². The molecule has 0 saturated carbocycles. The molecule has 1 fully saturated rings. The van der Waals surface area contributed by atoms with Crippen LogP contribution in [0.2, 0.25) is 0 Å². The number of benzene rings is 2. The average Bonchev–Trinajstić information content (AvgIpc) is 3.12. The fourth-order valence-electron chi connectivity index (χ4n) is 3.42. The number of nitro benzene ring substituents is 1. The SMILES string of the molecule is O=C(c1cc2ccccc2o1)N1CCN(Cc2ccccc2[N+](=O)[O-])CC1. The molecule has 7 nitrogen and oxygen atoms in total. The van der Waals surface area contributed by atoms with E-state index in [1.54, 1.807) is 23.1 Å². The first-order valence-electron chi connectivity index (χ1n) is 8.84. The van der Waals surface area contributed by atoms with Crippen LogP contribution < -0.4 is 0 Å². The summed E-state index contributed by atoms with van der Waals surface area (Å²) in [5.74, 6) is 0.236. The average molecular weight is 365 g/mol. The minimum Gasteiger partial charge on any atom is -0.451 e. The van der Waals surface area contributed by atoms with E-state index in [4.69, 9.17) is 4.42 Å². The molecule has 0 spiro atoms. The van der Waals surface area contributed by atoms with E-state index in [9.17, 15) is 14.9 Å². The number of hydrogen-bond acceptors (Lipinski definition) is 5. The molecule has 1 aliphatic rings. The second kappa shape index (κ2) is 7.20. The molecule has 0 unspecified atom stereocenters. The summed E-state index contributed by atoms with van der Waals surface area (Å²) < 4.78 is 5.67. The monoisotopic (exact) mass is 365 g/mol. The van der Waals surface area contributed by atoms with Crippen LogP contribution in [-0.2, 0) is 6.54 Å². The number of piperazine rings is 1. The number of fused-ring (bicyclic) bond motifs is 1. The summed E-state index contributed by atoms with van der Waals surface area (Å²) in [7, 11) is 0. The van der Waals surface area contributed by atoms with E-state index in [1.165, 1.54) is 6.07 Å². The van der Waals surface area contributed by atoms with Crippen LogP contribution in [0.4, 0.5) is 5.69 Å². The lowest BCUT2D eigenvalue weighted by atomic mass is 10.1. The van der Waals surface area contributed by atoms with Crippen molar-refractivity contribution < 1.29 is 14.1 Å². The Morgan fingerprint density at radius 3 is 2.48 bits per heavy atom. The van der Waals surface area contributed by atoms with Crippen molar-refractivity contribution in [3.63, 3.8) is 0 Å². The molecule has 7 heteroatoms. The van der Waals surface area contributed by atoms with Gasteiger partial charge in [0, 0.05) is 49.7 Å². The first-order valence-corrected chi connectivity index (χ1v) is 8.84. The molecular weight excluding hydrogens is 346 g/mol. The minimum absolute atomic E-state index is 0.114. The van der Waals surface area contributed by atoms with Crippen molar-refractivity contribution in [2.45, 2.75) is 6.54 Å². The summed E-state index contributed by atoms with van der Waals surface area (Å²) in [6.07, 6.45) is 0. The van der Waals surface area contributed by atoms with E-state index >= 15 is 0 Å². The molecule has 0 radical (unpaired) electrons. The molecule has 0 bridgehead atoms. The third kappa shape index (κ3) is 3.54. The maximum atomic E-state index is 12.7. The maximum Gasteiger partial charge on any atom is 0.289 e. The van der Waals surface area contributed by atoms with Crippen molar-refractivity contribution in [3.8, 4) is 0 Å². The highest BCUT2D eigenvalue weighted by Crippen LogP contribution is 2.22. The van der Waals surface area contributed by atoms with Crippen LogP contribution in [0, 0.1) is 10.1 Å². The van der Waals surface area contributed by atoms with Crippen molar-refractivity contribution in [2.75, 3.05) is 26.2 Å². The molecule has 3 aromatic rings. The molecule has 27 heavy (non-hydrogen) atoms. The van der Waals surface area contributed by atoms with E-state index in [0.717, 1.165) is 5.39 Å². The predicted octanol–water partition coefficient (Wildman–Crippen LogP) is 3.30. The van der Waals surface area contributed by atoms with Crippen LogP contribution in [0.15, 0.2) is 59.0 Å². The third-order valence-corrected chi connectivity index (χ3v) is 4.88. The van der Waals surface area contributed by atoms with Crippen molar-refractivity contribution in [2.24, 2.45) is 0 Å². The summed E-state index contributed by atoms with van der Waals surface area (Å²) in [6.45, 7) is 2.97. The van der Waals surface area contributed by atoms with E-state index in [0.29, 0.717) is 49.6 Å². The van der Waals surface area contributed by atoms with Crippen molar-refractivity contribution in [1.82, 2.24) is 9.80 Å². The summed E-state index contributed by atoms with van der Waals surface area (Å²) in [5.41, 5.74) is 1.54. The highest BCUT2D eigenvalue weighted by atomic mass is 16.6. The molecule has 1 aliphatic heterocycles. The fraction of sp³-hybridized carbons (Fsp3) is 0.250. The van der Waals surface area contributed by atoms with E-state index < -0.39 is 0 Å². The second-order valence-corrected chi connectivity index (χ2v) is 6.60. The fourth-order valence-corrected chi connectivity index (χ4v) is 3.42. The van der Waals surface area contributed by atoms with Gasteiger partial charge in [0.1, 0.15) is 5.58 Å². The first kappa shape index (κ1) is 17.2. The number of nitro groups is 1. The van der Waals surface area contributed by atoms with Gasteiger partial charge in [0.15, 0.2) is 5.76 Å². The lowest BCUT2D eigenvalue weighted by Gasteiger charge is -2.34. The lowest BCUT2D eigenvalue weighted by molar-refractivity contribution is -0.385. The van der Waals surface area contributed by atoms with Gasteiger partial charge in [0.2, 0.25) is 0 Å². The first-order chi connectivity index (χ1) is 13.1. The minimum atomic E-state index is -0.351. The Kier molecular flexibility index (Phi) is 4.60.